The van der Waals surface area contributed by atoms with Gasteiger partial charge in [-0.1, -0.05) is 24.3 Å². The molecular formula is C22H20F2N4O. The van der Waals surface area contributed by atoms with Crippen LogP contribution in [0.5, 0.6) is 0 Å². The lowest BCUT2D eigenvalue weighted by Gasteiger charge is -2.36. The zero-order valence-corrected chi connectivity index (χ0v) is 15.7. The zero-order chi connectivity index (χ0) is 20.2. The highest BCUT2D eigenvalue weighted by atomic mass is 19.1. The number of anilines is 3. The number of carbonyl (C=O) groups is 1. The number of hydrogen-bond donors (Lipinski definition) is 1. The number of hydrogen-bond acceptors (Lipinski definition) is 4. The lowest BCUT2D eigenvalue weighted by Crippen LogP contribution is -2.49. The van der Waals surface area contributed by atoms with E-state index in [1.54, 1.807) is 11.0 Å². The molecule has 148 valence electrons. The molecule has 1 aromatic heterocycles. The number of pyridine rings is 1. The van der Waals surface area contributed by atoms with E-state index in [4.69, 9.17) is 0 Å². The van der Waals surface area contributed by atoms with Crippen molar-refractivity contribution in [1.82, 2.24) is 9.88 Å². The molecule has 1 N–H and O–H groups in total. The molecule has 29 heavy (non-hydrogen) atoms. The average molecular weight is 394 g/mol. The number of para-hydroxylation sites is 2. The largest absolute Gasteiger partial charge is 0.368 e. The highest BCUT2D eigenvalue weighted by Gasteiger charge is 2.23. The molecule has 5 nitrogen and oxygen atoms in total. The van der Waals surface area contributed by atoms with Crippen LogP contribution >= 0.6 is 0 Å². The summed E-state index contributed by atoms with van der Waals surface area (Å²) >= 11 is 0. The molecule has 2 aromatic carbocycles. The molecule has 2 heterocycles. The maximum Gasteiger partial charge on any atom is 0.272 e. The number of rotatable bonds is 4. The van der Waals surface area contributed by atoms with Crippen LogP contribution in [0.2, 0.25) is 0 Å². The number of benzene rings is 2. The number of halogens is 2. The molecule has 0 unspecified atom stereocenters. The van der Waals surface area contributed by atoms with E-state index in [0.29, 0.717) is 18.8 Å². The number of aromatic nitrogens is 1. The summed E-state index contributed by atoms with van der Waals surface area (Å²) in [6, 6.07) is 16.8. The third-order valence-electron chi connectivity index (χ3n) is 4.90. The summed E-state index contributed by atoms with van der Waals surface area (Å²) in [6.45, 7) is 2.62. The van der Waals surface area contributed by atoms with Crippen LogP contribution in [0.15, 0.2) is 66.9 Å². The van der Waals surface area contributed by atoms with Crippen molar-refractivity contribution in [3.8, 4) is 0 Å². The van der Waals surface area contributed by atoms with E-state index in [1.165, 1.54) is 30.5 Å². The highest BCUT2D eigenvalue weighted by molar-refractivity contribution is 5.93. The van der Waals surface area contributed by atoms with Crippen LogP contribution in [0.1, 0.15) is 10.5 Å². The molecule has 0 spiro atoms. The Balaban J connectivity index is 1.44. The maximum absolute atomic E-state index is 13.9. The first-order valence-electron chi connectivity index (χ1n) is 9.38. The second-order valence-corrected chi connectivity index (χ2v) is 6.77. The number of nitrogens with zero attached hydrogens (tertiary/aromatic N) is 3. The summed E-state index contributed by atoms with van der Waals surface area (Å²) in [7, 11) is 0. The van der Waals surface area contributed by atoms with Gasteiger partial charge in [-0.2, -0.15) is 0 Å². The SMILES string of the molecule is O=C(c1cc(Nc2c(F)cccc2F)ccn1)N1CCN(c2ccccc2)CC1. The first kappa shape index (κ1) is 18.9. The molecule has 1 aliphatic rings. The van der Waals surface area contributed by atoms with Crippen molar-refractivity contribution < 1.29 is 13.6 Å². The van der Waals surface area contributed by atoms with E-state index in [-0.39, 0.29) is 17.3 Å². The molecule has 0 radical (unpaired) electrons. The molecule has 7 heteroatoms. The Hall–Kier alpha value is -3.48. The smallest absolute Gasteiger partial charge is 0.272 e. The third-order valence-corrected chi connectivity index (χ3v) is 4.90. The van der Waals surface area contributed by atoms with Gasteiger partial charge >= 0.3 is 0 Å². The molecule has 4 rings (SSSR count). The van der Waals surface area contributed by atoms with E-state index in [0.717, 1.165) is 18.8 Å². The number of carbonyl (C=O) groups excluding carboxylic acids is 1. The van der Waals surface area contributed by atoms with Gasteiger partial charge in [0.05, 0.1) is 0 Å². The quantitative estimate of drug-likeness (QED) is 0.725. The van der Waals surface area contributed by atoms with Gasteiger partial charge in [-0.3, -0.25) is 9.78 Å². The minimum Gasteiger partial charge on any atom is -0.368 e. The van der Waals surface area contributed by atoms with Crippen molar-refractivity contribution >= 4 is 23.0 Å². The normalized spacial score (nSPS) is 14.0. The Morgan fingerprint density at radius 3 is 2.28 bits per heavy atom. The number of piperazine rings is 1. The standard InChI is InChI=1S/C22H20F2N4O/c23-18-7-4-8-19(24)21(18)26-16-9-10-25-20(15-16)22(29)28-13-11-27(12-14-28)17-5-2-1-3-6-17/h1-10,15H,11-14H2,(H,25,26). The van der Waals surface area contributed by atoms with Crippen molar-refractivity contribution in [2.24, 2.45) is 0 Å². The van der Waals surface area contributed by atoms with Gasteiger partial charge in [0.15, 0.2) is 0 Å². The van der Waals surface area contributed by atoms with Gasteiger partial charge in [0.25, 0.3) is 5.91 Å². The molecule has 1 saturated heterocycles. The lowest BCUT2D eigenvalue weighted by atomic mass is 10.2. The van der Waals surface area contributed by atoms with Crippen LogP contribution < -0.4 is 10.2 Å². The summed E-state index contributed by atoms with van der Waals surface area (Å²) in [4.78, 5) is 21.0. The Kier molecular flexibility index (Phi) is 5.37. The first-order chi connectivity index (χ1) is 14.1. The minimum atomic E-state index is -0.702. The van der Waals surface area contributed by atoms with E-state index in [2.05, 4.69) is 27.3 Å². The molecule has 0 saturated carbocycles. The van der Waals surface area contributed by atoms with Crippen molar-refractivity contribution in [1.29, 1.82) is 0 Å². The van der Waals surface area contributed by atoms with Gasteiger partial charge in [0.1, 0.15) is 23.0 Å². The molecule has 0 bridgehead atoms. The Labute approximate surface area is 167 Å². The van der Waals surface area contributed by atoms with Crippen LogP contribution in [0.3, 0.4) is 0 Å². The second kappa shape index (κ2) is 8.26. The Bertz CT molecular complexity index is 984. The predicted molar refractivity (Wildman–Crippen MR) is 108 cm³/mol. The summed E-state index contributed by atoms with van der Waals surface area (Å²) in [5, 5.41) is 2.70. The van der Waals surface area contributed by atoms with Crippen LogP contribution in [-0.2, 0) is 0 Å². The second-order valence-electron chi connectivity index (χ2n) is 6.77. The molecule has 3 aromatic rings. The van der Waals surface area contributed by atoms with Gasteiger partial charge in [-0.05, 0) is 36.4 Å². The monoisotopic (exact) mass is 394 g/mol. The molecule has 0 atom stereocenters. The summed E-state index contributed by atoms with van der Waals surface area (Å²) in [5.41, 5.74) is 1.51. The third kappa shape index (κ3) is 4.18. The zero-order valence-electron chi connectivity index (χ0n) is 15.7. The van der Waals surface area contributed by atoms with Crippen molar-refractivity contribution in [2.45, 2.75) is 0 Å². The maximum atomic E-state index is 13.9. The van der Waals surface area contributed by atoms with Gasteiger partial charge in [0, 0.05) is 43.8 Å². The molecule has 1 fully saturated rings. The van der Waals surface area contributed by atoms with Crippen LogP contribution in [-0.4, -0.2) is 42.0 Å². The summed E-state index contributed by atoms with van der Waals surface area (Å²) in [6.07, 6.45) is 1.45. The number of amides is 1. The van der Waals surface area contributed by atoms with Gasteiger partial charge in [0.2, 0.25) is 0 Å². The highest BCUT2D eigenvalue weighted by Crippen LogP contribution is 2.24. The van der Waals surface area contributed by atoms with Crippen molar-refractivity contribution in [3.05, 3.63) is 84.2 Å². The van der Waals surface area contributed by atoms with E-state index in [9.17, 15) is 13.6 Å². The van der Waals surface area contributed by atoms with Crippen molar-refractivity contribution in [3.63, 3.8) is 0 Å². The first-order valence-corrected chi connectivity index (χ1v) is 9.38. The van der Waals surface area contributed by atoms with E-state index < -0.39 is 11.6 Å². The van der Waals surface area contributed by atoms with Crippen LogP contribution in [0.4, 0.5) is 25.8 Å². The number of nitrogens with one attached hydrogen (secondary N) is 1. The van der Waals surface area contributed by atoms with Gasteiger partial charge < -0.3 is 15.1 Å². The Morgan fingerprint density at radius 1 is 0.897 bits per heavy atom. The summed E-state index contributed by atoms with van der Waals surface area (Å²) in [5.74, 6) is -1.60. The minimum absolute atomic E-state index is 0.199. The topological polar surface area (TPSA) is 48.5 Å². The van der Waals surface area contributed by atoms with Crippen LogP contribution in [0, 0.1) is 11.6 Å². The van der Waals surface area contributed by atoms with E-state index >= 15 is 0 Å². The van der Waals surface area contributed by atoms with Gasteiger partial charge in [-0.25, -0.2) is 8.78 Å². The molecule has 0 aliphatic carbocycles. The molecule has 1 amide bonds. The van der Waals surface area contributed by atoms with E-state index in [1.807, 2.05) is 18.2 Å². The predicted octanol–water partition coefficient (Wildman–Crippen LogP) is 4.07. The lowest BCUT2D eigenvalue weighted by molar-refractivity contribution is 0.0741. The molecular weight excluding hydrogens is 374 g/mol. The molecule has 1 aliphatic heterocycles. The fourth-order valence-electron chi connectivity index (χ4n) is 3.36. The fraction of sp³-hybridized carbons (Fsp3) is 0.182. The van der Waals surface area contributed by atoms with Crippen molar-refractivity contribution in [2.75, 3.05) is 36.4 Å². The van der Waals surface area contributed by atoms with Gasteiger partial charge in [-0.15, -0.1) is 0 Å². The fourth-order valence-corrected chi connectivity index (χ4v) is 3.36. The average Bonchev–Trinajstić information content (AvgIpc) is 2.77. The Morgan fingerprint density at radius 2 is 1.59 bits per heavy atom. The van der Waals surface area contributed by atoms with Crippen LogP contribution in [0.25, 0.3) is 0 Å². The summed E-state index contributed by atoms with van der Waals surface area (Å²) < 4.78 is 27.7.